The van der Waals surface area contributed by atoms with Crippen LogP contribution in [-0.4, -0.2) is 40.4 Å². The van der Waals surface area contributed by atoms with Gasteiger partial charge >= 0.3 is 5.82 Å². The molecular formula is C14H19N3O4. The van der Waals surface area contributed by atoms with Crippen LogP contribution in [0.1, 0.15) is 25.5 Å². The van der Waals surface area contributed by atoms with Crippen LogP contribution in [0.5, 0.6) is 5.75 Å². The predicted molar refractivity (Wildman–Crippen MR) is 76.1 cm³/mol. The Morgan fingerprint density at radius 3 is 3.00 bits per heavy atom. The van der Waals surface area contributed by atoms with Gasteiger partial charge in [-0.3, -0.25) is 4.79 Å². The maximum absolute atomic E-state index is 12.1. The summed E-state index contributed by atoms with van der Waals surface area (Å²) >= 11 is 0. The minimum Gasteiger partial charge on any atom is -0.476 e. The highest BCUT2D eigenvalue weighted by atomic mass is 16.6. The number of pyridine rings is 1. The number of hydrogen-bond donors (Lipinski definition) is 0. The van der Waals surface area contributed by atoms with Crippen LogP contribution in [0.4, 0.5) is 5.82 Å². The minimum atomic E-state index is -0.601. The van der Waals surface area contributed by atoms with Gasteiger partial charge in [0.2, 0.25) is 5.75 Å². The monoisotopic (exact) mass is 293 g/mol. The van der Waals surface area contributed by atoms with Crippen molar-refractivity contribution >= 4 is 11.7 Å². The van der Waals surface area contributed by atoms with Crippen molar-refractivity contribution in [3.05, 3.63) is 27.9 Å². The average Bonchev–Trinajstić information content (AvgIpc) is 2.45. The molecule has 1 aromatic rings. The van der Waals surface area contributed by atoms with E-state index in [4.69, 9.17) is 4.74 Å². The fourth-order valence-electron chi connectivity index (χ4n) is 2.42. The molecule has 2 rings (SSSR count). The number of nitrogens with zero attached hydrogens (tertiary/aromatic N) is 3. The third kappa shape index (κ3) is 3.90. The first kappa shape index (κ1) is 15.2. The van der Waals surface area contributed by atoms with Gasteiger partial charge in [-0.1, -0.05) is 6.92 Å². The number of rotatable bonds is 4. The highest BCUT2D eigenvalue weighted by Crippen LogP contribution is 2.24. The first-order chi connectivity index (χ1) is 9.97. The van der Waals surface area contributed by atoms with Crippen molar-refractivity contribution in [1.29, 1.82) is 0 Å². The average molecular weight is 293 g/mol. The summed E-state index contributed by atoms with van der Waals surface area (Å²) in [4.78, 5) is 28.0. The molecule has 114 valence electrons. The Labute approximate surface area is 123 Å². The van der Waals surface area contributed by atoms with Crippen LogP contribution in [0.3, 0.4) is 0 Å². The van der Waals surface area contributed by atoms with E-state index in [1.807, 2.05) is 0 Å². The van der Waals surface area contributed by atoms with Gasteiger partial charge in [0, 0.05) is 20.0 Å². The van der Waals surface area contributed by atoms with Crippen LogP contribution >= 0.6 is 0 Å². The second-order valence-electron chi connectivity index (χ2n) is 5.41. The topological polar surface area (TPSA) is 85.6 Å². The summed E-state index contributed by atoms with van der Waals surface area (Å²) in [5, 5.41) is 10.9. The highest BCUT2D eigenvalue weighted by molar-refractivity contribution is 5.78. The van der Waals surface area contributed by atoms with E-state index in [2.05, 4.69) is 11.9 Å². The summed E-state index contributed by atoms with van der Waals surface area (Å²) in [5.74, 6) is 0.0216. The van der Waals surface area contributed by atoms with E-state index >= 15 is 0 Å². The number of aryl methyl sites for hydroxylation is 1. The standard InChI is InChI=1S/C14H19N3O4/c1-10-4-3-7-16(8-10)13(18)9-21-12-6-5-11(2)15-14(12)17(19)20/h5-6,10H,3-4,7-9H2,1-2H3. The Balaban J connectivity index is 1.99. The van der Waals surface area contributed by atoms with Crippen molar-refractivity contribution in [2.75, 3.05) is 19.7 Å². The van der Waals surface area contributed by atoms with Crippen LogP contribution in [0.25, 0.3) is 0 Å². The molecule has 0 N–H and O–H groups in total. The van der Waals surface area contributed by atoms with Gasteiger partial charge in [0.25, 0.3) is 5.91 Å². The van der Waals surface area contributed by atoms with Gasteiger partial charge in [-0.05, 0) is 40.8 Å². The summed E-state index contributed by atoms with van der Waals surface area (Å²) in [6.07, 6.45) is 2.11. The second kappa shape index (κ2) is 6.51. The van der Waals surface area contributed by atoms with E-state index in [1.165, 1.54) is 6.07 Å². The first-order valence-corrected chi connectivity index (χ1v) is 7.00. The lowest BCUT2D eigenvalue weighted by molar-refractivity contribution is -0.390. The molecule has 0 radical (unpaired) electrons. The number of carbonyl (C=O) groups excluding carboxylic acids is 1. The molecule has 0 spiro atoms. The highest BCUT2D eigenvalue weighted by Gasteiger charge is 2.23. The zero-order chi connectivity index (χ0) is 15.4. The van der Waals surface area contributed by atoms with Gasteiger partial charge in [0.05, 0.1) is 0 Å². The summed E-state index contributed by atoms with van der Waals surface area (Å²) in [7, 11) is 0. The van der Waals surface area contributed by atoms with Crippen LogP contribution in [0.15, 0.2) is 12.1 Å². The fourth-order valence-corrected chi connectivity index (χ4v) is 2.42. The van der Waals surface area contributed by atoms with Gasteiger partial charge in [-0.25, -0.2) is 0 Å². The maximum Gasteiger partial charge on any atom is 0.406 e. The zero-order valence-corrected chi connectivity index (χ0v) is 12.2. The van der Waals surface area contributed by atoms with Gasteiger partial charge in [-0.15, -0.1) is 0 Å². The third-order valence-electron chi connectivity index (χ3n) is 3.51. The lowest BCUT2D eigenvalue weighted by Crippen LogP contribution is -2.41. The molecule has 7 nitrogen and oxygen atoms in total. The molecule has 1 aliphatic heterocycles. The smallest absolute Gasteiger partial charge is 0.406 e. The van der Waals surface area contributed by atoms with Gasteiger partial charge in [-0.2, -0.15) is 0 Å². The van der Waals surface area contributed by atoms with E-state index in [0.29, 0.717) is 11.6 Å². The van der Waals surface area contributed by atoms with Crippen molar-refractivity contribution in [3.63, 3.8) is 0 Å². The van der Waals surface area contributed by atoms with E-state index in [1.54, 1.807) is 17.9 Å². The van der Waals surface area contributed by atoms with Gasteiger partial charge in [0.1, 0.15) is 5.69 Å². The number of ether oxygens (including phenoxy) is 1. The quantitative estimate of drug-likeness (QED) is 0.625. The molecule has 1 unspecified atom stereocenters. The third-order valence-corrected chi connectivity index (χ3v) is 3.51. The molecule has 0 bridgehead atoms. The van der Waals surface area contributed by atoms with Gasteiger partial charge in [0.15, 0.2) is 6.61 Å². The Hall–Kier alpha value is -2.18. The van der Waals surface area contributed by atoms with E-state index < -0.39 is 4.92 Å². The molecule has 1 atom stereocenters. The molecule has 1 amide bonds. The van der Waals surface area contributed by atoms with Crippen LogP contribution < -0.4 is 4.74 Å². The number of carbonyl (C=O) groups is 1. The lowest BCUT2D eigenvalue weighted by atomic mass is 10.0. The summed E-state index contributed by atoms with van der Waals surface area (Å²) in [6, 6.07) is 3.10. The number of nitro groups is 1. The molecule has 1 fully saturated rings. The Morgan fingerprint density at radius 2 is 2.33 bits per heavy atom. The number of piperidine rings is 1. The summed E-state index contributed by atoms with van der Waals surface area (Å²) in [5.41, 5.74) is 0.533. The molecule has 0 aliphatic carbocycles. The van der Waals surface area contributed by atoms with Crippen molar-refractivity contribution < 1.29 is 14.5 Å². The molecule has 1 aromatic heterocycles. The van der Waals surface area contributed by atoms with Crippen molar-refractivity contribution in [2.24, 2.45) is 5.92 Å². The number of amides is 1. The van der Waals surface area contributed by atoms with E-state index in [-0.39, 0.29) is 24.1 Å². The number of hydrogen-bond acceptors (Lipinski definition) is 5. The molecule has 21 heavy (non-hydrogen) atoms. The van der Waals surface area contributed by atoms with Crippen molar-refractivity contribution in [3.8, 4) is 5.75 Å². The lowest BCUT2D eigenvalue weighted by Gasteiger charge is -2.30. The molecule has 0 saturated carbocycles. The SMILES string of the molecule is Cc1ccc(OCC(=O)N2CCCC(C)C2)c([N+](=O)[O-])n1. The second-order valence-corrected chi connectivity index (χ2v) is 5.41. The zero-order valence-electron chi connectivity index (χ0n) is 12.2. The summed E-state index contributed by atoms with van der Waals surface area (Å²) < 4.78 is 5.31. The van der Waals surface area contributed by atoms with Gasteiger partial charge < -0.3 is 19.8 Å². The Kier molecular flexibility index (Phi) is 4.72. The Morgan fingerprint density at radius 1 is 1.57 bits per heavy atom. The first-order valence-electron chi connectivity index (χ1n) is 7.00. The minimum absolute atomic E-state index is 0.0315. The molecule has 1 saturated heterocycles. The maximum atomic E-state index is 12.1. The molecular weight excluding hydrogens is 274 g/mol. The molecule has 2 heterocycles. The predicted octanol–water partition coefficient (Wildman–Crippen LogP) is 1.94. The number of likely N-dealkylation sites (tertiary alicyclic amines) is 1. The molecule has 7 heteroatoms. The van der Waals surface area contributed by atoms with E-state index in [0.717, 1.165) is 25.9 Å². The Bertz CT molecular complexity index is 547. The van der Waals surface area contributed by atoms with E-state index in [9.17, 15) is 14.9 Å². The molecule has 1 aliphatic rings. The fraction of sp³-hybridized carbons (Fsp3) is 0.571. The van der Waals surface area contributed by atoms with Crippen LogP contribution in [0, 0.1) is 23.0 Å². The number of aromatic nitrogens is 1. The van der Waals surface area contributed by atoms with Crippen LogP contribution in [0.2, 0.25) is 0 Å². The van der Waals surface area contributed by atoms with Crippen molar-refractivity contribution in [1.82, 2.24) is 9.88 Å². The normalized spacial score (nSPS) is 18.4. The van der Waals surface area contributed by atoms with Crippen LogP contribution in [-0.2, 0) is 4.79 Å². The largest absolute Gasteiger partial charge is 0.476 e. The van der Waals surface area contributed by atoms with Crippen molar-refractivity contribution in [2.45, 2.75) is 26.7 Å². The summed E-state index contributed by atoms with van der Waals surface area (Å²) in [6.45, 7) is 5.02. The molecule has 0 aromatic carbocycles.